The smallest absolute Gasteiger partial charge is 0.328 e. The Morgan fingerprint density at radius 1 is 1.27 bits per heavy atom. The van der Waals surface area contributed by atoms with Crippen LogP contribution in [0.15, 0.2) is 40.1 Å². The molecule has 1 aromatic carbocycles. The van der Waals surface area contributed by atoms with Gasteiger partial charge in [0.25, 0.3) is 11.5 Å². The van der Waals surface area contributed by atoms with Gasteiger partial charge in [-0.1, -0.05) is 36.7 Å². The largest absolute Gasteiger partial charge is 0.335 e. The van der Waals surface area contributed by atoms with Crippen molar-refractivity contribution in [3.05, 3.63) is 67.4 Å². The Morgan fingerprint density at radius 2 is 2.04 bits per heavy atom. The highest BCUT2D eigenvalue weighted by atomic mass is 35.5. The second-order valence-electron chi connectivity index (χ2n) is 6.55. The van der Waals surface area contributed by atoms with Crippen LogP contribution in [-0.4, -0.2) is 32.9 Å². The topological polar surface area (TPSA) is 75.2 Å². The zero-order valence-electron chi connectivity index (χ0n) is 14.7. The number of benzene rings is 1. The molecule has 0 bridgehead atoms. The number of nitrogens with zero attached hydrogens (tertiary/aromatic N) is 2. The number of carbonyl (C=O) groups excluding carboxylic acids is 1. The highest BCUT2D eigenvalue weighted by Crippen LogP contribution is 2.21. The van der Waals surface area contributed by atoms with Crippen molar-refractivity contribution in [2.45, 2.75) is 45.2 Å². The molecule has 2 aromatic rings. The first-order chi connectivity index (χ1) is 12.5. The van der Waals surface area contributed by atoms with E-state index in [1.165, 1.54) is 6.20 Å². The van der Waals surface area contributed by atoms with Gasteiger partial charge in [-0.3, -0.25) is 14.2 Å². The Labute approximate surface area is 156 Å². The molecule has 1 N–H and O–H groups in total. The summed E-state index contributed by atoms with van der Waals surface area (Å²) in [6.45, 7) is 2.70. The number of hydrogen-bond acceptors (Lipinski definition) is 3. The van der Waals surface area contributed by atoms with Gasteiger partial charge in [-0.05, 0) is 37.3 Å². The molecule has 1 amide bonds. The van der Waals surface area contributed by atoms with Crippen molar-refractivity contribution < 1.29 is 4.79 Å². The zero-order valence-corrected chi connectivity index (χ0v) is 15.5. The minimum atomic E-state index is -0.584. The number of piperidine rings is 1. The van der Waals surface area contributed by atoms with E-state index in [1.54, 1.807) is 29.2 Å². The van der Waals surface area contributed by atoms with Crippen LogP contribution < -0.4 is 11.2 Å². The molecule has 0 saturated carbocycles. The Bertz CT molecular complexity index is 919. The first-order valence-electron chi connectivity index (χ1n) is 8.89. The SMILES string of the molecule is CCC1CCCCN1C(=O)c1c[nH]c(=O)n(Cc2ccccc2Cl)c1=O. The number of amides is 1. The van der Waals surface area contributed by atoms with Gasteiger partial charge in [-0.15, -0.1) is 0 Å². The summed E-state index contributed by atoms with van der Waals surface area (Å²) >= 11 is 6.14. The Balaban J connectivity index is 1.97. The predicted molar refractivity (Wildman–Crippen MR) is 101 cm³/mol. The monoisotopic (exact) mass is 375 g/mol. The van der Waals surface area contributed by atoms with Gasteiger partial charge in [0, 0.05) is 23.8 Å². The number of aromatic amines is 1. The lowest BCUT2D eigenvalue weighted by Gasteiger charge is -2.35. The number of aromatic nitrogens is 2. The van der Waals surface area contributed by atoms with E-state index < -0.39 is 11.2 Å². The normalized spacial score (nSPS) is 17.3. The van der Waals surface area contributed by atoms with Crippen LogP contribution in [0.5, 0.6) is 0 Å². The molecular weight excluding hydrogens is 354 g/mol. The molecule has 1 atom stereocenters. The molecule has 7 heteroatoms. The number of nitrogens with one attached hydrogen (secondary N) is 1. The minimum absolute atomic E-state index is 0.00277. The van der Waals surface area contributed by atoms with Crippen molar-refractivity contribution in [1.29, 1.82) is 0 Å². The summed E-state index contributed by atoms with van der Waals surface area (Å²) in [5, 5.41) is 0.470. The molecule has 0 spiro atoms. The van der Waals surface area contributed by atoms with Gasteiger partial charge >= 0.3 is 5.69 Å². The van der Waals surface area contributed by atoms with E-state index in [2.05, 4.69) is 4.98 Å². The third kappa shape index (κ3) is 3.60. The van der Waals surface area contributed by atoms with Crippen molar-refractivity contribution in [2.24, 2.45) is 0 Å². The molecule has 1 aliphatic heterocycles. The van der Waals surface area contributed by atoms with Crippen LogP contribution in [0.3, 0.4) is 0 Å². The Hall–Kier alpha value is -2.34. The number of rotatable bonds is 4. The van der Waals surface area contributed by atoms with Crippen LogP contribution in [0.4, 0.5) is 0 Å². The van der Waals surface area contributed by atoms with E-state index in [1.807, 2.05) is 6.92 Å². The van der Waals surface area contributed by atoms with E-state index in [9.17, 15) is 14.4 Å². The number of likely N-dealkylation sites (tertiary alicyclic amines) is 1. The number of H-pyrrole nitrogens is 1. The summed E-state index contributed by atoms with van der Waals surface area (Å²) in [7, 11) is 0. The molecule has 26 heavy (non-hydrogen) atoms. The first-order valence-corrected chi connectivity index (χ1v) is 9.27. The van der Waals surface area contributed by atoms with Crippen LogP contribution >= 0.6 is 11.6 Å². The molecule has 1 aromatic heterocycles. The van der Waals surface area contributed by atoms with E-state index >= 15 is 0 Å². The first kappa shape index (κ1) is 18.5. The lowest BCUT2D eigenvalue weighted by molar-refractivity contribution is 0.0605. The van der Waals surface area contributed by atoms with Crippen molar-refractivity contribution in [2.75, 3.05) is 6.54 Å². The maximum absolute atomic E-state index is 12.9. The van der Waals surface area contributed by atoms with Gasteiger partial charge in [0.15, 0.2) is 0 Å². The van der Waals surface area contributed by atoms with Gasteiger partial charge in [-0.2, -0.15) is 0 Å². The van der Waals surface area contributed by atoms with Crippen LogP contribution in [0.2, 0.25) is 5.02 Å². The summed E-state index contributed by atoms with van der Waals surface area (Å²) in [4.78, 5) is 42.2. The third-order valence-electron chi connectivity index (χ3n) is 4.94. The summed E-state index contributed by atoms with van der Waals surface area (Å²) in [6, 6.07) is 7.15. The van der Waals surface area contributed by atoms with Gasteiger partial charge in [0.2, 0.25) is 0 Å². The van der Waals surface area contributed by atoms with E-state index in [4.69, 9.17) is 11.6 Å². The minimum Gasteiger partial charge on any atom is -0.335 e. The van der Waals surface area contributed by atoms with E-state index in [0.29, 0.717) is 17.1 Å². The van der Waals surface area contributed by atoms with Crippen LogP contribution in [-0.2, 0) is 6.54 Å². The molecule has 0 aliphatic carbocycles. The highest BCUT2D eigenvalue weighted by Gasteiger charge is 2.28. The summed E-state index contributed by atoms with van der Waals surface area (Å²) < 4.78 is 1.03. The predicted octanol–water partition coefficient (Wildman–Crippen LogP) is 2.64. The van der Waals surface area contributed by atoms with Gasteiger partial charge in [-0.25, -0.2) is 4.79 Å². The van der Waals surface area contributed by atoms with Crippen LogP contribution in [0, 0.1) is 0 Å². The molecule has 3 rings (SSSR count). The van der Waals surface area contributed by atoms with Gasteiger partial charge in [0.05, 0.1) is 6.54 Å². The lowest BCUT2D eigenvalue weighted by Crippen LogP contribution is -2.47. The number of hydrogen-bond donors (Lipinski definition) is 1. The average Bonchev–Trinajstić information content (AvgIpc) is 2.66. The van der Waals surface area contributed by atoms with Gasteiger partial charge in [0.1, 0.15) is 5.56 Å². The number of carbonyl (C=O) groups is 1. The Kier molecular flexibility index (Phi) is 5.61. The molecule has 1 aliphatic rings. The number of halogens is 1. The fourth-order valence-corrected chi connectivity index (χ4v) is 3.65. The summed E-state index contributed by atoms with van der Waals surface area (Å²) in [5.74, 6) is -0.314. The van der Waals surface area contributed by atoms with Gasteiger partial charge < -0.3 is 9.88 Å². The van der Waals surface area contributed by atoms with Crippen molar-refractivity contribution in [3.8, 4) is 0 Å². The third-order valence-corrected chi connectivity index (χ3v) is 5.31. The Morgan fingerprint density at radius 3 is 2.77 bits per heavy atom. The molecule has 6 nitrogen and oxygen atoms in total. The lowest BCUT2D eigenvalue weighted by atomic mass is 9.99. The molecule has 1 fully saturated rings. The van der Waals surface area contributed by atoms with Crippen molar-refractivity contribution in [1.82, 2.24) is 14.5 Å². The van der Waals surface area contributed by atoms with E-state index in [-0.39, 0.29) is 24.1 Å². The second kappa shape index (κ2) is 7.91. The molecule has 1 unspecified atom stereocenters. The highest BCUT2D eigenvalue weighted by molar-refractivity contribution is 6.31. The molecular formula is C19H22ClN3O3. The van der Waals surface area contributed by atoms with Crippen molar-refractivity contribution >= 4 is 17.5 Å². The zero-order chi connectivity index (χ0) is 18.7. The standard InChI is InChI=1S/C19H22ClN3O3/c1-2-14-8-5-6-10-22(14)17(24)15-11-21-19(26)23(18(15)25)12-13-7-3-4-9-16(13)20/h3-4,7,9,11,14H,2,5-6,8,10,12H2,1H3,(H,21,26). The summed E-state index contributed by atoms with van der Waals surface area (Å²) in [5.41, 5.74) is -0.496. The second-order valence-corrected chi connectivity index (χ2v) is 6.95. The molecule has 138 valence electrons. The quantitative estimate of drug-likeness (QED) is 0.892. The van der Waals surface area contributed by atoms with Crippen LogP contribution in [0.1, 0.15) is 48.5 Å². The summed E-state index contributed by atoms with van der Waals surface area (Å²) in [6.07, 6.45) is 5.05. The van der Waals surface area contributed by atoms with E-state index in [0.717, 1.165) is 30.3 Å². The average molecular weight is 376 g/mol. The maximum Gasteiger partial charge on any atom is 0.328 e. The molecule has 0 radical (unpaired) electrons. The fourth-order valence-electron chi connectivity index (χ4n) is 3.45. The molecule has 2 heterocycles. The molecule has 1 saturated heterocycles. The van der Waals surface area contributed by atoms with Crippen LogP contribution in [0.25, 0.3) is 0 Å². The fraction of sp³-hybridized carbons (Fsp3) is 0.421. The maximum atomic E-state index is 12.9. The van der Waals surface area contributed by atoms with Crippen molar-refractivity contribution in [3.63, 3.8) is 0 Å².